The van der Waals surface area contributed by atoms with Gasteiger partial charge in [0.15, 0.2) is 0 Å². The number of benzene rings is 1. The number of piperidine rings is 1. The predicted molar refractivity (Wildman–Crippen MR) is 87.8 cm³/mol. The molecule has 0 unspecified atom stereocenters. The summed E-state index contributed by atoms with van der Waals surface area (Å²) in [5.41, 5.74) is 0.518. The molecule has 118 valence electrons. The Balaban J connectivity index is 0.00000220. The van der Waals surface area contributed by atoms with Crippen LogP contribution in [0.25, 0.3) is 0 Å². The van der Waals surface area contributed by atoms with E-state index in [0.29, 0.717) is 22.9 Å². The molecule has 1 aliphatic heterocycles. The monoisotopic (exact) mass is 332 g/mol. The van der Waals surface area contributed by atoms with Gasteiger partial charge in [0, 0.05) is 11.1 Å². The second-order valence-electron chi connectivity index (χ2n) is 4.99. The van der Waals surface area contributed by atoms with Gasteiger partial charge in [-0.05, 0) is 50.6 Å². The van der Waals surface area contributed by atoms with Crippen LogP contribution in [0.15, 0.2) is 18.2 Å². The van der Waals surface area contributed by atoms with Crippen LogP contribution in [0.4, 0.5) is 0 Å². The lowest BCUT2D eigenvalue weighted by molar-refractivity contribution is 0.0925. The Morgan fingerprint density at radius 3 is 2.81 bits per heavy atom. The largest absolute Gasteiger partial charge is 0.493 e. The van der Waals surface area contributed by atoms with Gasteiger partial charge in [-0.3, -0.25) is 4.79 Å². The average Bonchev–Trinajstić information content (AvgIpc) is 2.47. The van der Waals surface area contributed by atoms with Crippen molar-refractivity contribution in [2.45, 2.75) is 32.2 Å². The number of ether oxygens (including phenoxy) is 1. The van der Waals surface area contributed by atoms with Crippen molar-refractivity contribution in [3.63, 3.8) is 0 Å². The summed E-state index contributed by atoms with van der Waals surface area (Å²) in [6, 6.07) is 5.40. The van der Waals surface area contributed by atoms with Gasteiger partial charge >= 0.3 is 0 Å². The lowest BCUT2D eigenvalue weighted by Gasteiger charge is -2.24. The van der Waals surface area contributed by atoms with Crippen molar-refractivity contribution in [2.75, 3.05) is 19.7 Å². The third kappa shape index (κ3) is 5.38. The van der Waals surface area contributed by atoms with E-state index in [1.165, 1.54) is 0 Å². The first-order chi connectivity index (χ1) is 9.70. The van der Waals surface area contributed by atoms with Gasteiger partial charge in [0.2, 0.25) is 0 Å². The highest BCUT2D eigenvalue weighted by Crippen LogP contribution is 2.23. The summed E-state index contributed by atoms with van der Waals surface area (Å²) in [6.07, 6.45) is 2.81. The average molecular weight is 333 g/mol. The first kappa shape index (κ1) is 18.1. The van der Waals surface area contributed by atoms with Gasteiger partial charge in [-0.2, -0.15) is 0 Å². The highest BCUT2D eigenvalue weighted by molar-refractivity contribution is 6.31. The maximum atomic E-state index is 12.4. The molecule has 0 spiro atoms. The zero-order valence-corrected chi connectivity index (χ0v) is 13.7. The molecule has 2 rings (SSSR count). The molecular weight excluding hydrogens is 311 g/mol. The normalized spacial score (nSPS) is 15.1. The summed E-state index contributed by atoms with van der Waals surface area (Å²) in [4.78, 5) is 12.4. The Hall–Kier alpha value is -0.970. The lowest BCUT2D eigenvalue weighted by atomic mass is 10.1. The van der Waals surface area contributed by atoms with Gasteiger partial charge in [0.05, 0.1) is 12.2 Å². The van der Waals surface area contributed by atoms with E-state index in [2.05, 4.69) is 10.6 Å². The van der Waals surface area contributed by atoms with E-state index in [1.54, 1.807) is 18.2 Å². The Morgan fingerprint density at radius 2 is 2.14 bits per heavy atom. The van der Waals surface area contributed by atoms with Crippen LogP contribution >= 0.6 is 24.0 Å². The molecule has 21 heavy (non-hydrogen) atoms. The molecular formula is C15H22Cl2N2O2. The Kier molecular flexibility index (Phi) is 7.86. The Labute approximate surface area is 137 Å². The fourth-order valence-electron chi connectivity index (χ4n) is 2.25. The van der Waals surface area contributed by atoms with Crippen molar-refractivity contribution >= 4 is 29.9 Å². The van der Waals surface area contributed by atoms with Gasteiger partial charge in [-0.25, -0.2) is 0 Å². The highest BCUT2D eigenvalue weighted by Gasteiger charge is 2.19. The number of nitrogens with one attached hydrogen (secondary N) is 2. The van der Waals surface area contributed by atoms with Crippen LogP contribution < -0.4 is 15.4 Å². The molecule has 1 fully saturated rings. The highest BCUT2D eigenvalue weighted by atomic mass is 35.5. The zero-order chi connectivity index (χ0) is 14.4. The van der Waals surface area contributed by atoms with Crippen LogP contribution in [0.2, 0.25) is 5.02 Å². The molecule has 0 atom stereocenters. The first-order valence-electron chi connectivity index (χ1n) is 7.14. The maximum Gasteiger partial charge on any atom is 0.255 e. The molecule has 1 heterocycles. The molecule has 0 aromatic heterocycles. The second-order valence-corrected chi connectivity index (χ2v) is 5.42. The SMILES string of the molecule is CCCOc1ccc(Cl)cc1C(=O)NC1CCNCC1.Cl. The van der Waals surface area contributed by atoms with Crippen LogP contribution in [-0.2, 0) is 0 Å². The second kappa shape index (κ2) is 9.13. The zero-order valence-electron chi connectivity index (χ0n) is 12.2. The Bertz CT molecular complexity index is 463. The van der Waals surface area contributed by atoms with Crippen molar-refractivity contribution in [1.82, 2.24) is 10.6 Å². The number of amides is 1. The summed E-state index contributed by atoms with van der Waals surface area (Å²) >= 11 is 5.99. The van der Waals surface area contributed by atoms with Crippen LogP contribution in [0, 0.1) is 0 Å². The number of hydrogen-bond acceptors (Lipinski definition) is 3. The minimum atomic E-state index is -0.106. The molecule has 4 nitrogen and oxygen atoms in total. The van der Waals surface area contributed by atoms with E-state index in [0.717, 1.165) is 32.4 Å². The third-order valence-corrected chi connectivity index (χ3v) is 3.56. The summed E-state index contributed by atoms with van der Waals surface area (Å²) in [5, 5.41) is 6.89. The van der Waals surface area contributed by atoms with Crippen LogP contribution in [0.5, 0.6) is 5.75 Å². The third-order valence-electron chi connectivity index (χ3n) is 3.32. The quantitative estimate of drug-likeness (QED) is 0.871. The van der Waals surface area contributed by atoms with Crippen molar-refractivity contribution in [3.8, 4) is 5.75 Å². The lowest BCUT2D eigenvalue weighted by Crippen LogP contribution is -2.42. The molecule has 1 saturated heterocycles. The molecule has 1 aromatic rings. The number of rotatable bonds is 5. The standard InChI is InChI=1S/C15H21ClN2O2.ClH/c1-2-9-20-14-4-3-11(16)10-13(14)15(19)18-12-5-7-17-8-6-12;/h3-4,10,12,17H,2,5-9H2,1H3,(H,18,19);1H. The van der Waals surface area contributed by atoms with E-state index in [4.69, 9.17) is 16.3 Å². The van der Waals surface area contributed by atoms with E-state index in [9.17, 15) is 4.79 Å². The van der Waals surface area contributed by atoms with Crippen molar-refractivity contribution < 1.29 is 9.53 Å². The number of carbonyl (C=O) groups is 1. The predicted octanol–water partition coefficient (Wildman–Crippen LogP) is 3.03. The molecule has 6 heteroatoms. The van der Waals surface area contributed by atoms with Gasteiger partial charge in [0.25, 0.3) is 5.91 Å². The van der Waals surface area contributed by atoms with E-state index in [-0.39, 0.29) is 24.4 Å². The Morgan fingerprint density at radius 1 is 1.43 bits per heavy atom. The fraction of sp³-hybridized carbons (Fsp3) is 0.533. The molecule has 0 bridgehead atoms. The van der Waals surface area contributed by atoms with Crippen molar-refractivity contribution in [2.24, 2.45) is 0 Å². The minimum Gasteiger partial charge on any atom is -0.493 e. The topological polar surface area (TPSA) is 50.4 Å². The maximum absolute atomic E-state index is 12.4. The summed E-state index contributed by atoms with van der Waals surface area (Å²) in [6.45, 7) is 4.51. The molecule has 0 saturated carbocycles. The van der Waals surface area contributed by atoms with Gasteiger partial charge in [0.1, 0.15) is 5.75 Å². The van der Waals surface area contributed by atoms with Gasteiger partial charge < -0.3 is 15.4 Å². The van der Waals surface area contributed by atoms with Gasteiger partial charge in [-0.1, -0.05) is 18.5 Å². The number of hydrogen-bond donors (Lipinski definition) is 2. The summed E-state index contributed by atoms with van der Waals surface area (Å²) in [5.74, 6) is 0.494. The number of carbonyl (C=O) groups excluding carboxylic acids is 1. The smallest absolute Gasteiger partial charge is 0.255 e. The van der Waals surface area contributed by atoms with Crippen LogP contribution in [0.1, 0.15) is 36.5 Å². The molecule has 0 radical (unpaired) electrons. The van der Waals surface area contributed by atoms with E-state index >= 15 is 0 Å². The van der Waals surface area contributed by atoms with Crippen LogP contribution in [-0.4, -0.2) is 31.6 Å². The first-order valence-corrected chi connectivity index (χ1v) is 7.52. The molecule has 0 aliphatic carbocycles. The van der Waals surface area contributed by atoms with Crippen LogP contribution in [0.3, 0.4) is 0 Å². The van der Waals surface area contributed by atoms with Crippen molar-refractivity contribution in [1.29, 1.82) is 0 Å². The number of halogens is 2. The van der Waals surface area contributed by atoms with Gasteiger partial charge in [-0.15, -0.1) is 12.4 Å². The van der Waals surface area contributed by atoms with E-state index < -0.39 is 0 Å². The molecule has 1 aliphatic rings. The fourth-order valence-corrected chi connectivity index (χ4v) is 2.42. The summed E-state index contributed by atoms with van der Waals surface area (Å²) < 4.78 is 5.62. The van der Waals surface area contributed by atoms with E-state index in [1.807, 2.05) is 6.92 Å². The molecule has 1 aromatic carbocycles. The minimum absolute atomic E-state index is 0. The molecule has 1 amide bonds. The van der Waals surface area contributed by atoms with Crippen molar-refractivity contribution in [3.05, 3.63) is 28.8 Å². The summed E-state index contributed by atoms with van der Waals surface area (Å²) in [7, 11) is 0. The molecule has 2 N–H and O–H groups in total.